The Hall–Kier alpha value is -1.79. The van der Waals surface area contributed by atoms with Crippen molar-refractivity contribution in [3.8, 4) is 10.6 Å². The van der Waals surface area contributed by atoms with Crippen molar-refractivity contribution >= 4 is 17.2 Å². The molecule has 0 radical (unpaired) electrons. The maximum absolute atomic E-state index is 12.3. The summed E-state index contributed by atoms with van der Waals surface area (Å²) in [6, 6.07) is 3.96. The first kappa shape index (κ1) is 16.1. The molecular weight excluding hydrogens is 308 g/mol. The van der Waals surface area contributed by atoms with Gasteiger partial charge >= 0.3 is 0 Å². The number of pyridine rings is 1. The molecule has 1 N–H and O–H groups in total. The standard InChI is InChI=1S/C17H22N4OS/c1-21(2)10-9-19-16(22)13-3-4-14-15(11-13)23-17(20-14)12-5-7-18-8-6-12/h5-8,13H,3-4,9-11H2,1-2H3,(H,19,22). The summed E-state index contributed by atoms with van der Waals surface area (Å²) in [4.78, 5) is 24.4. The Labute approximate surface area is 140 Å². The highest BCUT2D eigenvalue weighted by molar-refractivity contribution is 7.15. The first-order valence-corrected chi connectivity index (χ1v) is 8.76. The zero-order valence-electron chi connectivity index (χ0n) is 13.6. The fraction of sp³-hybridized carbons (Fsp3) is 0.471. The van der Waals surface area contributed by atoms with E-state index in [9.17, 15) is 4.79 Å². The van der Waals surface area contributed by atoms with Crippen LogP contribution in [0.15, 0.2) is 24.5 Å². The molecule has 1 amide bonds. The van der Waals surface area contributed by atoms with Crippen molar-refractivity contribution in [1.29, 1.82) is 0 Å². The number of fused-ring (bicyclic) bond motifs is 1. The molecule has 0 spiro atoms. The number of aromatic nitrogens is 2. The lowest BCUT2D eigenvalue weighted by molar-refractivity contribution is -0.125. The van der Waals surface area contributed by atoms with Gasteiger partial charge in [0.25, 0.3) is 0 Å². The Bertz CT molecular complexity index is 668. The first-order chi connectivity index (χ1) is 11.1. The van der Waals surface area contributed by atoms with Gasteiger partial charge in [-0.05, 0) is 45.5 Å². The fourth-order valence-corrected chi connectivity index (χ4v) is 3.96. The Morgan fingerprint density at radius 1 is 1.39 bits per heavy atom. The van der Waals surface area contributed by atoms with Gasteiger partial charge in [-0.25, -0.2) is 4.98 Å². The third kappa shape index (κ3) is 3.95. The maximum Gasteiger partial charge on any atom is 0.223 e. The summed E-state index contributed by atoms with van der Waals surface area (Å²) in [6.45, 7) is 1.58. The van der Waals surface area contributed by atoms with E-state index < -0.39 is 0 Å². The fourth-order valence-electron chi connectivity index (χ4n) is 2.76. The van der Waals surface area contributed by atoms with E-state index in [1.807, 2.05) is 26.2 Å². The molecule has 2 heterocycles. The number of nitrogens with one attached hydrogen (secondary N) is 1. The van der Waals surface area contributed by atoms with Crippen molar-refractivity contribution < 1.29 is 4.79 Å². The van der Waals surface area contributed by atoms with E-state index in [2.05, 4.69) is 15.2 Å². The largest absolute Gasteiger partial charge is 0.355 e. The zero-order chi connectivity index (χ0) is 16.2. The summed E-state index contributed by atoms with van der Waals surface area (Å²) in [5.41, 5.74) is 2.27. The van der Waals surface area contributed by atoms with Crippen LogP contribution in [-0.2, 0) is 17.6 Å². The van der Waals surface area contributed by atoms with Crippen molar-refractivity contribution in [3.05, 3.63) is 35.1 Å². The molecule has 1 aliphatic carbocycles. The topological polar surface area (TPSA) is 58.1 Å². The van der Waals surface area contributed by atoms with Gasteiger partial charge in [-0.1, -0.05) is 0 Å². The molecule has 1 atom stereocenters. The van der Waals surface area contributed by atoms with E-state index in [-0.39, 0.29) is 11.8 Å². The lowest BCUT2D eigenvalue weighted by Gasteiger charge is -2.21. The maximum atomic E-state index is 12.3. The smallest absolute Gasteiger partial charge is 0.223 e. The molecule has 23 heavy (non-hydrogen) atoms. The van der Waals surface area contributed by atoms with Gasteiger partial charge in [0.15, 0.2) is 0 Å². The van der Waals surface area contributed by atoms with Crippen LogP contribution in [0.1, 0.15) is 17.0 Å². The van der Waals surface area contributed by atoms with Crippen molar-refractivity contribution in [2.75, 3.05) is 27.2 Å². The van der Waals surface area contributed by atoms with E-state index in [0.29, 0.717) is 6.54 Å². The quantitative estimate of drug-likeness (QED) is 0.911. The number of carbonyl (C=O) groups is 1. The Balaban J connectivity index is 1.64. The van der Waals surface area contributed by atoms with E-state index in [4.69, 9.17) is 4.98 Å². The molecule has 0 bridgehead atoms. The third-order valence-electron chi connectivity index (χ3n) is 4.10. The molecule has 3 rings (SSSR count). The summed E-state index contributed by atoms with van der Waals surface area (Å²) in [5.74, 6) is 0.256. The van der Waals surface area contributed by atoms with Crippen molar-refractivity contribution in [3.63, 3.8) is 0 Å². The number of rotatable bonds is 5. The van der Waals surface area contributed by atoms with Crippen LogP contribution in [0.4, 0.5) is 0 Å². The molecule has 0 aromatic carbocycles. The molecule has 2 aromatic heterocycles. The van der Waals surface area contributed by atoms with Crippen LogP contribution in [-0.4, -0.2) is 48.0 Å². The summed E-state index contributed by atoms with van der Waals surface area (Å²) in [5, 5.41) is 4.08. The van der Waals surface area contributed by atoms with E-state index in [0.717, 1.165) is 36.4 Å². The molecule has 0 saturated heterocycles. The van der Waals surface area contributed by atoms with Crippen LogP contribution in [0.5, 0.6) is 0 Å². The number of hydrogen-bond acceptors (Lipinski definition) is 5. The van der Waals surface area contributed by atoms with E-state index in [1.165, 1.54) is 10.6 Å². The average Bonchev–Trinajstić information content (AvgIpc) is 2.98. The number of carbonyl (C=O) groups excluding carboxylic acids is 1. The molecule has 0 fully saturated rings. The van der Waals surface area contributed by atoms with Crippen LogP contribution in [0.25, 0.3) is 10.6 Å². The molecule has 5 nitrogen and oxygen atoms in total. The molecule has 0 aliphatic heterocycles. The number of hydrogen-bond donors (Lipinski definition) is 1. The van der Waals surface area contributed by atoms with E-state index >= 15 is 0 Å². The van der Waals surface area contributed by atoms with Gasteiger partial charge in [0.2, 0.25) is 5.91 Å². The lowest BCUT2D eigenvalue weighted by atomic mass is 9.90. The Morgan fingerprint density at radius 2 is 2.17 bits per heavy atom. The van der Waals surface area contributed by atoms with Gasteiger partial charge in [-0.15, -0.1) is 11.3 Å². The second-order valence-corrected chi connectivity index (χ2v) is 7.24. The van der Waals surface area contributed by atoms with Gasteiger partial charge < -0.3 is 10.2 Å². The lowest BCUT2D eigenvalue weighted by Crippen LogP contribution is -2.37. The van der Waals surface area contributed by atoms with Crippen LogP contribution in [0, 0.1) is 5.92 Å². The minimum Gasteiger partial charge on any atom is -0.355 e. The molecule has 1 unspecified atom stereocenters. The van der Waals surface area contributed by atoms with Crippen LogP contribution in [0.2, 0.25) is 0 Å². The van der Waals surface area contributed by atoms with Crippen molar-refractivity contribution in [2.24, 2.45) is 5.92 Å². The highest BCUT2D eigenvalue weighted by Gasteiger charge is 2.27. The van der Waals surface area contributed by atoms with Gasteiger partial charge in [-0.2, -0.15) is 0 Å². The highest BCUT2D eigenvalue weighted by Crippen LogP contribution is 2.34. The van der Waals surface area contributed by atoms with Crippen LogP contribution >= 0.6 is 11.3 Å². The third-order valence-corrected chi connectivity index (χ3v) is 5.26. The van der Waals surface area contributed by atoms with Crippen LogP contribution < -0.4 is 5.32 Å². The van der Waals surface area contributed by atoms with Crippen molar-refractivity contribution in [1.82, 2.24) is 20.2 Å². The second-order valence-electron chi connectivity index (χ2n) is 6.16. The zero-order valence-corrected chi connectivity index (χ0v) is 14.4. The molecule has 0 saturated carbocycles. The Kier molecular flexibility index (Phi) is 5.03. The summed E-state index contributed by atoms with van der Waals surface area (Å²) in [7, 11) is 4.02. The SMILES string of the molecule is CN(C)CCNC(=O)C1CCc2nc(-c3ccncc3)sc2C1. The van der Waals surface area contributed by atoms with Gasteiger partial charge in [0.1, 0.15) is 5.01 Å². The number of likely N-dealkylation sites (N-methyl/N-ethyl adjacent to an activating group) is 1. The predicted molar refractivity (Wildman–Crippen MR) is 92.4 cm³/mol. The van der Waals surface area contributed by atoms with Crippen molar-refractivity contribution in [2.45, 2.75) is 19.3 Å². The predicted octanol–water partition coefficient (Wildman–Crippen LogP) is 1.99. The minimum absolute atomic E-state index is 0.0791. The average molecular weight is 330 g/mol. The van der Waals surface area contributed by atoms with Gasteiger partial charge in [-0.3, -0.25) is 9.78 Å². The summed E-state index contributed by atoms with van der Waals surface area (Å²) in [6.07, 6.45) is 6.17. The molecule has 2 aromatic rings. The second kappa shape index (κ2) is 7.19. The highest BCUT2D eigenvalue weighted by atomic mass is 32.1. The number of amides is 1. The molecular formula is C17H22N4OS. The first-order valence-electron chi connectivity index (χ1n) is 7.95. The normalized spacial score (nSPS) is 17.1. The van der Waals surface area contributed by atoms with E-state index in [1.54, 1.807) is 23.7 Å². The minimum atomic E-state index is 0.0791. The number of thiazole rings is 1. The van der Waals surface area contributed by atoms with Gasteiger partial charge in [0.05, 0.1) is 5.69 Å². The summed E-state index contributed by atoms with van der Waals surface area (Å²) >= 11 is 1.71. The van der Waals surface area contributed by atoms with Gasteiger partial charge in [0, 0.05) is 41.8 Å². The van der Waals surface area contributed by atoms with Crippen LogP contribution in [0.3, 0.4) is 0 Å². The molecule has 122 valence electrons. The summed E-state index contributed by atoms with van der Waals surface area (Å²) < 4.78 is 0. The monoisotopic (exact) mass is 330 g/mol. The number of nitrogens with zero attached hydrogens (tertiary/aromatic N) is 3. The molecule has 1 aliphatic rings. The molecule has 6 heteroatoms. The number of aryl methyl sites for hydroxylation is 1. The Morgan fingerprint density at radius 3 is 2.91 bits per heavy atom.